The van der Waals surface area contributed by atoms with E-state index in [1.54, 1.807) is 41.5 Å². The molecule has 0 bridgehead atoms. The lowest BCUT2D eigenvalue weighted by atomic mass is 9.81. The second-order valence-electron chi connectivity index (χ2n) is 9.34. The maximum atomic E-state index is 13.8. The highest BCUT2D eigenvalue weighted by molar-refractivity contribution is 6.22. The molecule has 3 heterocycles. The number of nitrogens with one attached hydrogen (secondary N) is 1. The van der Waals surface area contributed by atoms with Gasteiger partial charge in [-0.1, -0.05) is 6.07 Å². The van der Waals surface area contributed by atoms with Crippen molar-refractivity contribution in [2.45, 2.75) is 55.3 Å². The van der Waals surface area contributed by atoms with Gasteiger partial charge in [-0.25, -0.2) is 4.98 Å². The topological polar surface area (TPSA) is 120 Å². The van der Waals surface area contributed by atoms with Gasteiger partial charge in [-0.05, 0) is 49.8 Å². The van der Waals surface area contributed by atoms with Crippen molar-refractivity contribution in [2.24, 2.45) is 11.7 Å². The SMILES string of the molecule is NC1CCC([C@H](NC(=O)c2cccc(-n3ccnc3)c2)C(=O)N2C[C@H](Cl)[C@H]3OCC(=O)[C@H]32)CC1. The van der Waals surface area contributed by atoms with E-state index in [1.807, 2.05) is 6.07 Å². The first-order chi connectivity index (χ1) is 16.4. The molecule has 2 aliphatic heterocycles. The lowest BCUT2D eigenvalue weighted by molar-refractivity contribution is -0.139. The molecule has 2 saturated heterocycles. The van der Waals surface area contributed by atoms with Gasteiger partial charge in [0.05, 0.1) is 11.7 Å². The number of ketones is 1. The summed E-state index contributed by atoms with van der Waals surface area (Å²) in [6, 6.07) is 5.77. The summed E-state index contributed by atoms with van der Waals surface area (Å²) in [6.07, 6.45) is 7.63. The van der Waals surface area contributed by atoms with E-state index in [4.69, 9.17) is 22.1 Å². The van der Waals surface area contributed by atoms with Gasteiger partial charge in [0.1, 0.15) is 24.8 Å². The fourth-order valence-corrected chi connectivity index (χ4v) is 5.67. The van der Waals surface area contributed by atoms with Crippen LogP contribution in [-0.2, 0) is 14.3 Å². The molecule has 1 aliphatic carbocycles. The average Bonchev–Trinajstić information content (AvgIpc) is 3.58. The molecule has 0 spiro atoms. The van der Waals surface area contributed by atoms with Gasteiger partial charge in [0.25, 0.3) is 5.91 Å². The van der Waals surface area contributed by atoms with Gasteiger partial charge in [0, 0.05) is 36.2 Å². The Kier molecular flexibility index (Phi) is 6.42. The van der Waals surface area contributed by atoms with Crippen LogP contribution in [0, 0.1) is 5.92 Å². The predicted molar refractivity (Wildman–Crippen MR) is 125 cm³/mol. The van der Waals surface area contributed by atoms with Gasteiger partial charge in [-0.3, -0.25) is 14.4 Å². The maximum Gasteiger partial charge on any atom is 0.252 e. The number of carbonyl (C=O) groups is 3. The van der Waals surface area contributed by atoms with Crippen LogP contribution in [0.25, 0.3) is 5.69 Å². The standard InChI is InChI=1S/C24H28ClN5O4/c25-18-11-30(21-19(31)12-34-22(18)21)24(33)20(14-4-6-16(26)7-5-14)28-23(32)15-2-1-3-17(10-15)29-9-8-27-13-29/h1-3,8-10,13-14,16,18,20-22H,4-7,11-12,26H2,(H,28,32)/t14?,16?,18-,20-,21+,22+/m0/s1. The molecule has 10 heteroatoms. The number of halogens is 1. The Balaban J connectivity index is 1.39. The van der Waals surface area contributed by atoms with Crippen LogP contribution in [0.3, 0.4) is 0 Å². The quantitative estimate of drug-likeness (QED) is 0.615. The van der Waals surface area contributed by atoms with E-state index < -0.39 is 23.6 Å². The van der Waals surface area contributed by atoms with Crippen molar-refractivity contribution in [1.82, 2.24) is 19.8 Å². The molecule has 1 aromatic heterocycles. The Hall–Kier alpha value is -2.75. The zero-order chi connectivity index (χ0) is 23.8. The third-order valence-electron chi connectivity index (χ3n) is 7.16. The highest BCUT2D eigenvalue weighted by Crippen LogP contribution is 2.34. The molecule has 3 fully saturated rings. The van der Waals surface area contributed by atoms with Crippen molar-refractivity contribution in [1.29, 1.82) is 0 Å². The molecule has 2 amide bonds. The number of alkyl halides is 1. The van der Waals surface area contributed by atoms with Gasteiger partial charge in [-0.2, -0.15) is 0 Å². The van der Waals surface area contributed by atoms with E-state index in [-0.39, 0.29) is 42.7 Å². The summed E-state index contributed by atoms with van der Waals surface area (Å²) in [5.41, 5.74) is 7.31. The number of Topliss-reactive ketones (excluding diaryl/α,β-unsaturated/α-hetero) is 1. The summed E-state index contributed by atoms with van der Waals surface area (Å²) in [7, 11) is 0. The number of likely N-dealkylation sites (tertiary alicyclic amines) is 1. The summed E-state index contributed by atoms with van der Waals surface area (Å²) in [5.74, 6) is -0.845. The van der Waals surface area contributed by atoms with Gasteiger partial charge in [0.2, 0.25) is 5.91 Å². The van der Waals surface area contributed by atoms with E-state index in [1.165, 1.54) is 4.90 Å². The molecule has 34 heavy (non-hydrogen) atoms. The Bertz CT molecular complexity index is 1070. The van der Waals surface area contributed by atoms with E-state index in [0.29, 0.717) is 5.56 Å². The van der Waals surface area contributed by atoms with Crippen LogP contribution in [0.1, 0.15) is 36.0 Å². The Morgan fingerprint density at radius 3 is 2.76 bits per heavy atom. The Labute approximate surface area is 202 Å². The summed E-state index contributed by atoms with van der Waals surface area (Å²) < 4.78 is 7.34. The molecule has 5 rings (SSSR count). The molecule has 1 saturated carbocycles. The summed E-state index contributed by atoms with van der Waals surface area (Å²) in [5, 5.41) is 2.53. The molecular weight excluding hydrogens is 458 g/mol. The van der Waals surface area contributed by atoms with E-state index in [9.17, 15) is 14.4 Å². The van der Waals surface area contributed by atoms with Gasteiger partial charge >= 0.3 is 0 Å². The van der Waals surface area contributed by atoms with Crippen molar-refractivity contribution in [2.75, 3.05) is 13.2 Å². The normalized spacial score (nSPS) is 29.6. The van der Waals surface area contributed by atoms with Crippen molar-refractivity contribution in [3.63, 3.8) is 0 Å². The van der Waals surface area contributed by atoms with Gasteiger partial charge in [-0.15, -0.1) is 11.6 Å². The summed E-state index contributed by atoms with van der Waals surface area (Å²) >= 11 is 6.41. The van der Waals surface area contributed by atoms with Gasteiger partial charge < -0.3 is 25.3 Å². The largest absolute Gasteiger partial charge is 0.366 e. The smallest absolute Gasteiger partial charge is 0.252 e. The molecule has 3 N–H and O–H groups in total. The third kappa shape index (κ3) is 4.35. The van der Waals surface area contributed by atoms with Crippen LogP contribution < -0.4 is 11.1 Å². The molecule has 0 unspecified atom stereocenters. The van der Waals surface area contributed by atoms with Crippen LogP contribution in [0.4, 0.5) is 0 Å². The molecule has 4 atom stereocenters. The van der Waals surface area contributed by atoms with E-state index >= 15 is 0 Å². The minimum Gasteiger partial charge on any atom is -0.366 e. The molecule has 3 aliphatic rings. The molecule has 9 nitrogen and oxygen atoms in total. The van der Waals surface area contributed by atoms with Crippen molar-refractivity contribution in [3.05, 3.63) is 48.5 Å². The molecule has 2 aromatic rings. The number of benzene rings is 1. The number of fused-ring (bicyclic) bond motifs is 1. The van der Waals surface area contributed by atoms with E-state index in [0.717, 1.165) is 31.4 Å². The molecule has 0 radical (unpaired) electrons. The fraction of sp³-hybridized carbons (Fsp3) is 0.500. The van der Waals surface area contributed by atoms with Crippen molar-refractivity contribution in [3.8, 4) is 5.69 Å². The second-order valence-corrected chi connectivity index (χ2v) is 9.90. The number of imidazole rings is 1. The molecule has 180 valence electrons. The Morgan fingerprint density at radius 1 is 1.24 bits per heavy atom. The van der Waals surface area contributed by atoms with Crippen LogP contribution in [-0.4, -0.2) is 74.8 Å². The fourth-order valence-electron chi connectivity index (χ4n) is 5.31. The number of hydrogen-bond acceptors (Lipinski definition) is 6. The minimum absolute atomic E-state index is 0.0430. The number of amides is 2. The van der Waals surface area contributed by atoms with Crippen molar-refractivity contribution < 1.29 is 19.1 Å². The van der Waals surface area contributed by atoms with Gasteiger partial charge in [0.15, 0.2) is 5.78 Å². The number of rotatable bonds is 5. The predicted octanol–water partition coefficient (Wildman–Crippen LogP) is 1.27. The van der Waals surface area contributed by atoms with E-state index in [2.05, 4.69) is 10.3 Å². The Morgan fingerprint density at radius 2 is 2.03 bits per heavy atom. The zero-order valence-electron chi connectivity index (χ0n) is 18.7. The third-order valence-corrected chi connectivity index (χ3v) is 7.54. The number of carbonyl (C=O) groups excluding carboxylic acids is 3. The lowest BCUT2D eigenvalue weighted by Crippen LogP contribution is -2.55. The zero-order valence-corrected chi connectivity index (χ0v) is 19.4. The monoisotopic (exact) mass is 485 g/mol. The molecule has 1 aromatic carbocycles. The number of hydrogen-bond donors (Lipinski definition) is 2. The van der Waals surface area contributed by atoms with Crippen LogP contribution in [0.5, 0.6) is 0 Å². The maximum absolute atomic E-state index is 13.8. The highest BCUT2D eigenvalue weighted by Gasteiger charge is 2.53. The number of nitrogens with two attached hydrogens (primary N) is 1. The summed E-state index contributed by atoms with van der Waals surface area (Å²) in [4.78, 5) is 45.1. The minimum atomic E-state index is -0.770. The lowest BCUT2D eigenvalue weighted by Gasteiger charge is -2.35. The van der Waals surface area contributed by atoms with Crippen molar-refractivity contribution >= 4 is 29.2 Å². The van der Waals surface area contributed by atoms with Crippen LogP contribution in [0.2, 0.25) is 0 Å². The average molecular weight is 486 g/mol. The highest BCUT2D eigenvalue weighted by atomic mass is 35.5. The first kappa shape index (κ1) is 23.0. The first-order valence-corrected chi connectivity index (χ1v) is 12.1. The number of nitrogens with zero attached hydrogens (tertiary/aromatic N) is 3. The number of aromatic nitrogens is 2. The van der Waals surface area contributed by atoms with Crippen LogP contribution >= 0.6 is 11.6 Å². The second kappa shape index (κ2) is 9.48. The summed E-state index contributed by atoms with van der Waals surface area (Å²) in [6.45, 7) is 0.175. The molecular formula is C24H28ClN5O4. The first-order valence-electron chi connectivity index (χ1n) is 11.7. The van der Waals surface area contributed by atoms with Crippen LogP contribution in [0.15, 0.2) is 43.0 Å². The number of ether oxygens (including phenoxy) is 1.